The average molecular weight is 329 g/mol. The minimum atomic E-state index is -0.428. The molecule has 0 aromatic heterocycles. The van der Waals surface area contributed by atoms with Crippen LogP contribution in [0.15, 0.2) is 28.7 Å². The highest BCUT2D eigenvalue weighted by molar-refractivity contribution is 9.10. The molecule has 2 rings (SSSR count). The maximum absolute atomic E-state index is 11.4. The van der Waals surface area contributed by atoms with Crippen molar-refractivity contribution in [3.05, 3.63) is 34.3 Å². The lowest BCUT2D eigenvalue weighted by Crippen LogP contribution is -2.50. The number of ether oxygens (including phenoxy) is 3. The second-order valence-corrected chi connectivity index (χ2v) is 5.35. The van der Waals surface area contributed by atoms with Gasteiger partial charge in [-0.05, 0) is 17.7 Å². The van der Waals surface area contributed by atoms with Gasteiger partial charge in [-0.25, -0.2) is 0 Å². The highest BCUT2D eigenvalue weighted by atomic mass is 79.9. The van der Waals surface area contributed by atoms with E-state index in [2.05, 4.69) is 15.9 Å². The maximum atomic E-state index is 11.4. The Labute approximate surface area is 121 Å². The molecule has 104 valence electrons. The molecule has 19 heavy (non-hydrogen) atoms. The van der Waals surface area contributed by atoms with E-state index in [4.69, 9.17) is 14.2 Å². The second-order valence-electron chi connectivity index (χ2n) is 4.43. The molecule has 1 aromatic rings. The Bertz CT molecular complexity index is 435. The van der Waals surface area contributed by atoms with Crippen molar-refractivity contribution in [3.8, 4) is 0 Å². The fraction of sp³-hybridized carbons (Fsp3) is 0.500. The third kappa shape index (κ3) is 4.11. The molecule has 1 aromatic carbocycles. The van der Waals surface area contributed by atoms with Crippen LogP contribution < -0.4 is 0 Å². The average Bonchev–Trinajstić information content (AvgIpc) is 2.39. The Balaban J connectivity index is 1.78. The van der Waals surface area contributed by atoms with E-state index in [1.807, 2.05) is 24.3 Å². The van der Waals surface area contributed by atoms with E-state index < -0.39 is 6.10 Å². The number of Topliss-reactive ketones (excluding diaryl/α,β-unsaturated/α-hetero) is 1. The van der Waals surface area contributed by atoms with Gasteiger partial charge in [0.1, 0.15) is 6.10 Å². The summed E-state index contributed by atoms with van der Waals surface area (Å²) in [6, 6.07) is 7.92. The van der Waals surface area contributed by atoms with E-state index in [-0.39, 0.29) is 11.9 Å². The van der Waals surface area contributed by atoms with Gasteiger partial charge in [0, 0.05) is 18.0 Å². The largest absolute Gasteiger partial charge is 0.382 e. The van der Waals surface area contributed by atoms with E-state index in [1.165, 1.54) is 0 Å². The van der Waals surface area contributed by atoms with Crippen LogP contribution in [0.1, 0.15) is 12.0 Å². The molecule has 4 nitrogen and oxygen atoms in total. The number of carbonyl (C=O) groups is 1. The van der Waals surface area contributed by atoms with Crippen molar-refractivity contribution in [1.29, 1.82) is 0 Å². The van der Waals surface area contributed by atoms with Crippen LogP contribution in [-0.2, 0) is 25.6 Å². The summed E-state index contributed by atoms with van der Waals surface area (Å²) in [5, 5.41) is 0. The van der Waals surface area contributed by atoms with Crippen molar-refractivity contribution in [2.45, 2.75) is 25.2 Å². The van der Waals surface area contributed by atoms with Gasteiger partial charge < -0.3 is 14.2 Å². The van der Waals surface area contributed by atoms with Gasteiger partial charge in [0.25, 0.3) is 0 Å². The molecule has 0 amide bonds. The van der Waals surface area contributed by atoms with Gasteiger partial charge in [-0.3, -0.25) is 4.79 Å². The number of hydrogen-bond donors (Lipinski definition) is 0. The maximum Gasteiger partial charge on any atom is 0.166 e. The SMILES string of the molecule is COCCOC1C(=O)CC1OCc1cccc(Br)c1. The molecule has 0 radical (unpaired) electrons. The van der Waals surface area contributed by atoms with E-state index in [9.17, 15) is 4.79 Å². The molecule has 0 heterocycles. The number of ketones is 1. The molecule has 0 bridgehead atoms. The number of methoxy groups -OCH3 is 1. The number of benzene rings is 1. The summed E-state index contributed by atoms with van der Waals surface area (Å²) in [7, 11) is 1.60. The number of hydrogen-bond acceptors (Lipinski definition) is 4. The highest BCUT2D eigenvalue weighted by Gasteiger charge is 2.41. The zero-order valence-electron chi connectivity index (χ0n) is 10.8. The van der Waals surface area contributed by atoms with Crippen molar-refractivity contribution in [3.63, 3.8) is 0 Å². The molecular weight excluding hydrogens is 312 g/mol. The van der Waals surface area contributed by atoms with Crippen LogP contribution in [0.4, 0.5) is 0 Å². The molecule has 0 aliphatic heterocycles. The molecule has 0 N–H and O–H groups in total. The van der Waals surface area contributed by atoms with E-state index in [1.54, 1.807) is 7.11 Å². The zero-order chi connectivity index (χ0) is 13.7. The molecule has 1 aliphatic carbocycles. The lowest BCUT2D eigenvalue weighted by Gasteiger charge is -2.34. The first kappa shape index (κ1) is 14.7. The zero-order valence-corrected chi connectivity index (χ0v) is 12.4. The molecule has 0 spiro atoms. The van der Waals surface area contributed by atoms with Crippen LogP contribution in [-0.4, -0.2) is 38.3 Å². The molecule has 0 saturated heterocycles. The smallest absolute Gasteiger partial charge is 0.166 e. The topological polar surface area (TPSA) is 44.8 Å². The second kappa shape index (κ2) is 7.14. The van der Waals surface area contributed by atoms with Crippen LogP contribution in [0.25, 0.3) is 0 Å². The van der Waals surface area contributed by atoms with Crippen LogP contribution in [0, 0.1) is 0 Å². The molecule has 1 saturated carbocycles. The Morgan fingerprint density at radius 1 is 1.32 bits per heavy atom. The summed E-state index contributed by atoms with van der Waals surface area (Å²) in [5.41, 5.74) is 1.07. The summed E-state index contributed by atoms with van der Waals surface area (Å²) in [6.45, 7) is 1.40. The van der Waals surface area contributed by atoms with Crippen LogP contribution >= 0.6 is 15.9 Å². The summed E-state index contributed by atoms with van der Waals surface area (Å²) in [6.07, 6.45) is -0.128. The van der Waals surface area contributed by atoms with Crippen LogP contribution in [0.5, 0.6) is 0 Å². The van der Waals surface area contributed by atoms with Gasteiger partial charge in [0.2, 0.25) is 0 Å². The molecule has 1 aliphatic rings. The Hall–Kier alpha value is -0.750. The Kier molecular flexibility index (Phi) is 5.51. The van der Waals surface area contributed by atoms with Gasteiger partial charge in [0.05, 0.1) is 25.9 Å². The molecule has 2 atom stereocenters. The van der Waals surface area contributed by atoms with E-state index in [0.29, 0.717) is 26.2 Å². The Morgan fingerprint density at radius 2 is 2.16 bits per heavy atom. The monoisotopic (exact) mass is 328 g/mol. The van der Waals surface area contributed by atoms with Crippen LogP contribution in [0.3, 0.4) is 0 Å². The minimum Gasteiger partial charge on any atom is -0.382 e. The quantitative estimate of drug-likeness (QED) is 0.721. The summed E-state index contributed by atoms with van der Waals surface area (Å²) < 4.78 is 17.1. The predicted molar refractivity (Wildman–Crippen MR) is 74.0 cm³/mol. The van der Waals surface area contributed by atoms with Gasteiger partial charge >= 0.3 is 0 Å². The third-order valence-corrected chi connectivity index (χ3v) is 3.49. The third-order valence-electron chi connectivity index (χ3n) is 3.00. The first-order valence-electron chi connectivity index (χ1n) is 6.20. The van der Waals surface area contributed by atoms with Gasteiger partial charge in [-0.2, -0.15) is 0 Å². The lowest BCUT2D eigenvalue weighted by atomic mass is 9.90. The van der Waals surface area contributed by atoms with Crippen molar-refractivity contribution in [1.82, 2.24) is 0 Å². The standard InChI is InChI=1S/C14H17BrO4/c1-17-5-6-18-14-12(16)8-13(14)19-9-10-3-2-4-11(15)7-10/h2-4,7,13-14H,5-6,8-9H2,1H3. The van der Waals surface area contributed by atoms with E-state index in [0.717, 1.165) is 10.0 Å². The number of carbonyl (C=O) groups excluding carboxylic acids is 1. The summed E-state index contributed by atoms with van der Waals surface area (Å²) in [5.74, 6) is 0.107. The minimum absolute atomic E-state index is 0.107. The lowest BCUT2D eigenvalue weighted by molar-refractivity contribution is -0.169. The molecule has 1 fully saturated rings. The number of halogens is 1. The molecule has 2 unspecified atom stereocenters. The normalized spacial score (nSPS) is 22.3. The Morgan fingerprint density at radius 3 is 2.84 bits per heavy atom. The molecular formula is C14H17BrO4. The first-order valence-corrected chi connectivity index (χ1v) is 6.99. The first-order chi connectivity index (χ1) is 9.20. The van der Waals surface area contributed by atoms with Crippen molar-refractivity contribution >= 4 is 21.7 Å². The van der Waals surface area contributed by atoms with Crippen LogP contribution in [0.2, 0.25) is 0 Å². The molecule has 5 heteroatoms. The van der Waals surface area contributed by atoms with Crippen molar-refractivity contribution < 1.29 is 19.0 Å². The predicted octanol–water partition coefficient (Wildman–Crippen LogP) is 2.34. The summed E-state index contributed by atoms with van der Waals surface area (Å²) in [4.78, 5) is 11.4. The van der Waals surface area contributed by atoms with Gasteiger partial charge in [0.15, 0.2) is 5.78 Å². The van der Waals surface area contributed by atoms with E-state index >= 15 is 0 Å². The fourth-order valence-electron chi connectivity index (χ4n) is 1.90. The fourth-order valence-corrected chi connectivity index (χ4v) is 2.35. The number of rotatable bonds is 7. The van der Waals surface area contributed by atoms with Gasteiger partial charge in [-0.15, -0.1) is 0 Å². The van der Waals surface area contributed by atoms with Crippen molar-refractivity contribution in [2.24, 2.45) is 0 Å². The highest BCUT2D eigenvalue weighted by Crippen LogP contribution is 2.24. The summed E-state index contributed by atoms with van der Waals surface area (Å²) >= 11 is 3.42. The van der Waals surface area contributed by atoms with Crippen molar-refractivity contribution in [2.75, 3.05) is 20.3 Å². The van der Waals surface area contributed by atoms with Gasteiger partial charge in [-0.1, -0.05) is 28.1 Å².